The molecule has 5 rings (SSSR count). The maximum Gasteiger partial charge on any atom is 0.230 e. The average molecular weight is 532 g/mol. The second kappa shape index (κ2) is 10.8. The molecule has 0 radical (unpaired) electrons. The molecule has 0 bridgehead atoms. The number of pyridine rings is 1. The molecular formula is C31H41N5O3. The van der Waals surface area contributed by atoms with E-state index in [0.29, 0.717) is 24.1 Å². The van der Waals surface area contributed by atoms with Crippen LogP contribution in [0.15, 0.2) is 47.2 Å². The summed E-state index contributed by atoms with van der Waals surface area (Å²) in [5.41, 5.74) is 1.94. The Hall–Kier alpha value is -3.10. The standard InChI is InChI=1S/C31H41N5O3/c1-6-27(37)33-26-13-9-22(10-14-26)29-34-28(35-39-29)23-15-25(17-32-16-23)31(38,30(4)18-36(5)19-30)24-11-7-21(8-12-24)20(2)3/h7-8,11-12,15-17,20,22,26,38H,6,9-10,13-14,18-19H2,1-5H3,(H,33,37)/t22?,26?,31-/m0/s1. The SMILES string of the molecule is CCC(=O)NC1CCC(c2nc(-c3cncc([C@@](O)(c4ccc(C(C)C)cc4)C4(C)CN(C)C4)c3)no2)CC1. The molecule has 39 heavy (non-hydrogen) atoms. The number of hydrogen-bond acceptors (Lipinski definition) is 7. The van der Waals surface area contributed by atoms with Gasteiger partial charge < -0.3 is 19.8 Å². The van der Waals surface area contributed by atoms with Crippen LogP contribution in [0, 0.1) is 5.41 Å². The van der Waals surface area contributed by atoms with Gasteiger partial charge in [-0.25, -0.2) is 0 Å². The summed E-state index contributed by atoms with van der Waals surface area (Å²) in [4.78, 5) is 23.2. The molecule has 2 aromatic heterocycles. The van der Waals surface area contributed by atoms with Gasteiger partial charge in [0.05, 0.1) is 0 Å². The van der Waals surface area contributed by atoms with Crippen molar-refractivity contribution in [2.75, 3.05) is 20.1 Å². The number of aromatic nitrogens is 3. The predicted molar refractivity (Wildman–Crippen MR) is 150 cm³/mol. The first-order chi connectivity index (χ1) is 18.6. The van der Waals surface area contributed by atoms with Crippen LogP contribution in [0.2, 0.25) is 0 Å². The van der Waals surface area contributed by atoms with Crippen LogP contribution in [-0.2, 0) is 10.4 Å². The van der Waals surface area contributed by atoms with Crippen LogP contribution in [0.3, 0.4) is 0 Å². The maximum atomic E-state index is 12.5. The number of nitrogens with zero attached hydrogens (tertiary/aromatic N) is 4. The maximum absolute atomic E-state index is 12.5. The highest BCUT2D eigenvalue weighted by Gasteiger charge is 2.55. The van der Waals surface area contributed by atoms with Crippen LogP contribution in [-0.4, -0.2) is 57.2 Å². The van der Waals surface area contributed by atoms with Crippen molar-refractivity contribution in [3.63, 3.8) is 0 Å². The van der Waals surface area contributed by atoms with Gasteiger partial charge in [-0.1, -0.05) is 57.1 Å². The third-order valence-electron chi connectivity index (χ3n) is 8.72. The lowest BCUT2D eigenvalue weighted by Gasteiger charge is -2.55. The van der Waals surface area contributed by atoms with Gasteiger partial charge >= 0.3 is 0 Å². The molecule has 1 aromatic carbocycles. The molecule has 2 aliphatic rings. The van der Waals surface area contributed by atoms with E-state index in [9.17, 15) is 9.90 Å². The summed E-state index contributed by atoms with van der Waals surface area (Å²) in [6.07, 6.45) is 7.60. The Bertz CT molecular complexity index is 1290. The highest BCUT2D eigenvalue weighted by atomic mass is 16.5. The van der Waals surface area contributed by atoms with Gasteiger partial charge in [-0.3, -0.25) is 9.78 Å². The summed E-state index contributed by atoms with van der Waals surface area (Å²) in [6, 6.07) is 10.5. The lowest BCUT2D eigenvalue weighted by Crippen LogP contribution is -2.63. The van der Waals surface area contributed by atoms with E-state index in [1.165, 1.54) is 5.56 Å². The van der Waals surface area contributed by atoms with Crippen LogP contribution < -0.4 is 5.32 Å². The summed E-state index contributed by atoms with van der Waals surface area (Å²) in [5.74, 6) is 1.80. The Balaban J connectivity index is 1.40. The Morgan fingerprint density at radius 3 is 2.46 bits per heavy atom. The molecule has 1 aliphatic carbocycles. The summed E-state index contributed by atoms with van der Waals surface area (Å²) in [6.45, 7) is 9.90. The number of rotatable bonds is 8. The fourth-order valence-corrected chi connectivity index (χ4v) is 6.44. The number of amides is 1. The summed E-state index contributed by atoms with van der Waals surface area (Å²) < 4.78 is 5.71. The van der Waals surface area contributed by atoms with Crippen molar-refractivity contribution in [3.05, 3.63) is 65.3 Å². The molecular weight excluding hydrogens is 490 g/mol. The molecule has 1 amide bonds. The van der Waals surface area contributed by atoms with E-state index >= 15 is 0 Å². The minimum atomic E-state index is -1.23. The minimum Gasteiger partial charge on any atom is -0.380 e. The van der Waals surface area contributed by atoms with Crippen LogP contribution in [0.5, 0.6) is 0 Å². The lowest BCUT2D eigenvalue weighted by atomic mass is 9.62. The quantitative estimate of drug-likeness (QED) is 0.422. The Morgan fingerprint density at radius 1 is 1.15 bits per heavy atom. The second-order valence-corrected chi connectivity index (χ2v) is 12.1. The molecule has 3 aromatic rings. The van der Waals surface area contributed by atoms with Gasteiger partial charge in [0.1, 0.15) is 5.60 Å². The lowest BCUT2D eigenvalue weighted by molar-refractivity contribution is -0.127. The number of benzene rings is 1. The number of aliphatic hydroxyl groups is 1. The van der Waals surface area contributed by atoms with Crippen molar-refractivity contribution in [1.29, 1.82) is 0 Å². The Morgan fingerprint density at radius 2 is 1.85 bits per heavy atom. The van der Waals surface area contributed by atoms with E-state index in [0.717, 1.165) is 55.5 Å². The van der Waals surface area contributed by atoms with Crippen LogP contribution in [0.4, 0.5) is 0 Å². The number of carbonyl (C=O) groups excluding carboxylic acids is 1. The summed E-state index contributed by atoms with van der Waals surface area (Å²) in [5, 5.41) is 19.9. The molecule has 0 spiro atoms. The number of hydrogen-bond donors (Lipinski definition) is 2. The molecule has 1 saturated carbocycles. The first kappa shape index (κ1) is 27.5. The Kier molecular flexibility index (Phi) is 7.62. The zero-order valence-electron chi connectivity index (χ0n) is 23.8. The molecule has 208 valence electrons. The molecule has 1 aliphatic heterocycles. The van der Waals surface area contributed by atoms with E-state index in [2.05, 4.69) is 72.4 Å². The highest BCUT2D eigenvalue weighted by Crippen LogP contribution is 2.50. The molecule has 8 nitrogen and oxygen atoms in total. The van der Waals surface area contributed by atoms with Gasteiger partial charge in [-0.05, 0) is 55.8 Å². The zero-order valence-corrected chi connectivity index (χ0v) is 23.8. The van der Waals surface area contributed by atoms with E-state index in [1.54, 1.807) is 12.4 Å². The monoisotopic (exact) mass is 531 g/mol. The number of likely N-dealkylation sites (tertiary alicyclic amines) is 1. The van der Waals surface area contributed by atoms with Crippen LogP contribution >= 0.6 is 0 Å². The van der Waals surface area contributed by atoms with Gasteiger partial charge in [0.15, 0.2) is 0 Å². The van der Waals surface area contributed by atoms with E-state index in [1.807, 2.05) is 13.0 Å². The molecule has 1 saturated heterocycles. The van der Waals surface area contributed by atoms with Gasteiger partial charge in [-0.15, -0.1) is 0 Å². The van der Waals surface area contributed by atoms with Crippen molar-refractivity contribution in [2.24, 2.45) is 5.41 Å². The molecule has 3 heterocycles. The topological polar surface area (TPSA) is 104 Å². The average Bonchev–Trinajstić information content (AvgIpc) is 3.43. The third kappa shape index (κ3) is 5.24. The van der Waals surface area contributed by atoms with Crippen molar-refractivity contribution in [3.8, 4) is 11.4 Å². The fraction of sp³-hybridized carbons (Fsp3) is 0.548. The largest absolute Gasteiger partial charge is 0.380 e. The van der Waals surface area contributed by atoms with Gasteiger partial charge in [-0.2, -0.15) is 4.98 Å². The van der Waals surface area contributed by atoms with Crippen LogP contribution in [0.1, 0.15) is 94.2 Å². The van der Waals surface area contributed by atoms with Gasteiger partial charge in [0.25, 0.3) is 0 Å². The predicted octanol–water partition coefficient (Wildman–Crippen LogP) is 5.00. The third-order valence-corrected chi connectivity index (χ3v) is 8.72. The first-order valence-corrected chi connectivity index (χ1v) is 14.2. The van der Waals surface area contributed by atoms with Gasteiger partial charge in [0.2, 0.25) is 17.6 Å². The smallest absolute Gasteiger partial charge is 0.230 e. The van der Waals surface area contributed by atoms with Crippen molar-refractivity contribution >= 4 is 5.91 Å². The van der Waals surface area contributed by atoms with Crippen molar-refractivity contribution in [1.82, 2.24) is 25.3 Å². The minimum absolute atomic E-state index is 0.101. The number of nitrogens with one attached hydrogen (secondary N) is 1. The van der Waals surface area contributed by atoms with E-state index in [4.69, 9.17) is 9.51 Å². The van der Waals surface area contributed by atoms with E-state index < -0.39 is 5.60 Å². The summed E-state index contributed by atoms with van der Waals surface area (Å²) >= 11 is 0. The zero-order chi connectivity index (χ0) is 27.8. The van der Waals surface area contributed by atoms with Gasteiger partial charge in [0, 0.05) is 60.4 Å². The second-order valence-electron chi connectivity index (χ2n) is 12.1. The molecule has 8 heteroatoms. The number of carbonyl (C=O) groups is 1. The van der Waals surface area contributed by atoms with E-state index in [-0.39, 0.29) is 23.3 Å². The normalized spacial score (nSPS) is 22.7. The highest BCUT2D eigenvalue weighted by molar-refractivity contribution is 5.75. The van der Waals surface area contributed by atoms with Crippen molar-refractivity contribution < 1.29 is 14.4 Å². The molecule has 2 N–H and O–H groups in total. The Labute approximate surface area is 231 Å². The van der Waals surface area contributed by atoms with Crippen LogP contribution in [0.25, 0.3) is 11.4 Å². The fourth-order valence-electron chi connectivity index (χ4n) is 6.44. The van der Waals surface area contributed by atoms with Crippen molar-refractivity contribution in [2.45, 2.75) is 83.3 Å². The first-order valence-electron chi connectivity index (χ1n) is 14.2. The summed E-state index contributed by atoms with van der Waals surface area (Å²) in [7, 11) is 2.07. The molecule has 2 fully saturated rings. The molecule has 0 unspecified atom stereocenters. The molecule has 1 atom stereocenters.